The molecule has 106 valence electrons. The second-order valence-electron chi connectivity index (χ2n) is 4.72. The smallest absolute Gasteiger partial charge is 0.187 e. The van der Waals surface area contributed by atoms with Gasteiger partial charge in [0, 0.05) is 26.2 Å². The summed E-state index contributed by atoms with van der Waals surface area (Å²) in [4.78, 5) is 12.2. The van der Waals surface area contributed by atoms with Crippen LogP contribution in [0.4, 0.5) is 10.2 Å². The molecule has 0 atom stereocenters. The molecule has 0 amide bonds. The number of rotatable bonds is 4. The molecule has 0 bridgehead atoms. The minimum Gasteiger partial charge on any atom is -0.395 e. The van der Waals surface area contributed by atoms with Crippen molar-refractivity contribution in [3.8, 4) is 0 Å². The summed E-state index contributed by atoms with van der Waals surface area (Å²) in [5.41, 5.74) is 0.474. The van der Waals surface area contributed by atoms with Gasteiger partial charge in [0.1, 0.15) is 6.33 Å². The Bertz CT molecular complexity index is 416. The van der Waals surface area contributed by atoms with Gasteiger partial charge in [0.25, 0.3) is 0 Å². The van der Waals surface area contributed by atoms with Crippen molar-refractivity contribution in [2.24, 2.45) is 0 Å². The highest BCUT2D eigenvalue weighted by Crippen LogP contribution is 2.19. The maximum atomic E-state index is 14.2. The third-order valence-electron chi connectivity index (χ3n) is 3.48. The van der Waals surface area contributed by atoms with E-state index in [-0.39, 0.29) is 12.4 Å². The summed E-state index contributed by atoms with van der Waals surface area (Å²) < 4.78 is 14.2. The largest absolute Gasteiger partial charge is 0.395 e. The number of aryl methyl sites for hydroxylation is 1. The zero-order valence-corrected chi connectivity index (χ0v) is 11.3. The lowest BCUT2D eigenvalue weighted by molar-refractivity contribution is 0.204. The Labute approximate surface area is 113 Å². The molecule has 1 aromatic heterocycles. The third kappa shape index (κ3) is 3.39. The monoisotopic (exact) mass is 268 g/mol. The summed E-state index contributed by atoms with van der Waals surface area (Å²) in [6, 6.07) is 0. The number of aliphatic hydroxyl groups is 1. The number of halogens is 1. The summed E-state index contributed by atoms with van der Waals surface area (Å²) >= 11 is 0. The maximum absolute atomic E-state index is 14.2. The summed E-state index contributed by atoms with van der Waals surface area (Å²) in [5, 5.41) is 8.97. The molecule has 0 spiro atoms. The SMILES string of the molecule is CCc1ncnc(N2CCCN(CCO)CC2)c1F. The highest BCUT2D eigenvalue weighted by molar-refractivity contribution is 5.41. The summed E-state index contributed by atoms with van der Waals surface area (Å²) in [6.07, 6.45) is 2.96. The minimum absolute atomic E-state index is 0.169. The van der Waals surface area contributed by atoms with Crippen LogP contribution in [0.2, 0.25) is 0 Å². The van der Waals surface area contributed by atoms with Crippen LogP contribution in [0.5, 0.6) is 0 Å². The van der Waals surface area contributed by atoms with Gasteiger partial charge in [0.05, 0.1) is 12.3 Å². The van der Waals surface area contributed by atoms with Crippen molar-refractivity contribution in [2.75, 3.05) is 44.2 Å². The normalized spacial score (nSPS) is 17.5. The lowest BCUT2D eigenvalue weighted by Crippen LogP contribution is -2.33. The van der Waals surface area contributed by atoms with E-state index in [2.05, 4.69) is 14.9 Å². The standard InChI is InChI=1S/C13H21FN4O/c1-2-11-12(14)13(16-10-15-11)18-5-3-4-17(6-7-18)8-9-19/h10,19H,2-9H2,1H3. The molecule has 1 saturated heterocycles. The van der Waals surface area contributed by atoms with E-state index in [1.54, 1.807) is 0 Å². The second kappa shape index (κ2) is 6.77. The Morgan fingerprint density at radius 3 is 2.84 bits per heavy atom. The molecule has 5 nitrogen and oxygen atoms in total. The second-order valence-corrected chi connectivity index (χ2v) is 4.72. The first-order valence-corrected chi connectivity index (χ1v) is 6.83. The predicted octanol–water partition coefficient (Wildman–Crippen LogP) is 0.682. The van der Waals surface area contributed by atoms with Crippen molar-refractivity contribution >= 4 is 5.82 Å². The van der Waals surface area contributed by atoms with E-state index in [1.807, 2.05) is 11.8 Å². The Balaban J connectivity index is 2.10. The van der Waals surface area contributed by atoms with Crippen molar-refractivity contribution in [3.63, 3.8) is 0 Å². The Kier molecular flexibility index (Phi) is 5.04. The topological polar surface area (TPSA) is 52.5 Å². The van der Waals surface area contributed by atoms with Gasteiger partial charge in [0.2, 0.25) is 0 Å². The molecule has 0 aromatic carbocycles. The minimum atomic E-state index is -0.291. The van der Waals surface area contributed by atoms with Crippen molar-refractivity contribution in [1.82, 2.24) is 14.9 Å². The Morgan fingerprint density at radius 2 is 2.11 bits per heavy atom. The molecular formula is C13H21FN4O. The van der Waals surface area contributed by atoms with E-state index >= 15 is 0 Å². The molecule has 0 saturated carbocycles. The highest BCUT2D eigenvalue weighted by Gasteiger charge is 2.20. The average molecular weight is 268 g/mol. The molecule has 2 rings (SSSR count). The number of aromatic nitrogens is 2. The van der Waals surface area contributed by atoms with Crippen LogP contribution in [0.1, 0.15) is 19.0 Å². The summed E-state index contributed by atoms with van der Waals surface area (Å²) in [6.45, 7) is 6.02. The number of nitrogens with zero attached hydrogens (tertiary/aromatic N) is 4. The molecule has 19 heavy (non-hydrogen) atoms. The Morgan fingerprint density at radius 1 is 1.26 bits per heavy atom. The fourth-order valence-electron chi connectivity index (χ4n) is 2.41. The van der Waals surface area contributed by atoms with Gasteiger partial charge in [-0.25, -0.2) is 14.4 Å². The first-order valence-electron chi connectivity index (χ1n) is 6.83. The lowest BCUT2D eigenvalue weighted by Gasteiger charge is -2.23. The van der Waals surface area contributed by atoms with Crippen LogP contribution in [0, 0.1) is 5.82 Å². The van der Waals surface area contributed by atoms with Gasteiger partial charge in [-0.3, -0.25) is 4.90 Å². The van der Waals surface area contributed by atoms with E-state index in [9.17, 15) is 4.39 Å². The van der Waals surface area contributed by atoms with Gasteiger partial charge in [-0.05, 0) is 19.4 Å². The molecule has 1 aliphatic rings. The zero-order valence-electron chi connectivity index (χ0n) is 11.3. The van der Waals surface area contributed by atoms with E-state index in [4.69, 9.17) is 5.11 Å². The maximum Gasteiger partial charge on any atom is 0.187 e. The number of β-amino-alcohol motifs (C(OH)–C–C–N with tert-alkyl or cyclic N) is 1. The molecule has 6 heteroatoms. The molecule has 1 N–H and O–H groups in total. The molecular weight excluding hydrogens is 247 g/mol. The first kappa shape index (κ1) is 14.1. The van der Waals surface area contributed by atoms with E-state index in [0.29, 0.717) is 24.5 Å². The number of aliphatic hydroxyl groups excluding tert-OH is 1. The van der Waals surface area contributed by atoms with Gasteiger partial charge < -0.3 is 10.0 Å². The summed E-state index contributed by atoms with van der Waals surface area (Å²) in [7, 11) is 0. The highest BCUT2D eigenvalue weighted by atomic mass is 19.1. The number of hydrogen-bond donors (Lipinski definition) is 1. The number of anilines is 1. The van der Waals surface area contributed by atoms with Crippen LogP contribution >= 0.6 is 0 Å². The molecule has 0 unspecified atom stereocenters. The van der Waals surface area contributed by atoms with Crippen LogP contribution in [-0.2, 0) is 6.42 Å². The van der Waals surface area contributed by atoms with Crippen molar-refractivity contribution in [3.05, 3.63) is 17.8 Å². The van der Waals surface area contributed by atoms with Crippen molar-refractivity contribution < 1.29 is 9.50 Å². The fourth-order valence-corrected chi connectivity index (χ4v) is 2.41. The third-order valence-corrected chi connectivity index (χ3v) is 3.48. The fraction of sp³-hybridized carbons (Fsp3) is 0.692. The quantitative estimate of drug-likeness (QED) is 0.870. The lowest BCUT2D eigenvalue weighted by atomic mass is 10.3. The van der Waals surface area contributed by atoms with Gasteiger partial charge in [-0.15, -0.1) is 0 Å². The van der Waals surface area contributed by atoms with E-state index < -0.39 is 0 Å². The van der Waals surface area contributed by atoms with Gasteiger partial charge in [-0.1, -0.05) is 6.92 Å². The summed E-state index contributed by atoms with van der Waals surface area (Å²) in [5.74, 6) is 0.123. The van der Waals surface area contributed by atoms with Gasteiger partial charge >= 0.3 is 0 Å². The predicted molar refractivity (Wildman–Crippen MR) is 71.7 cm³/mol. The van der Waals surface area contributed by atoms with Crippen LogP contribution in [0.25, 0.3) is 0 Å². The van der Waals surface area contributed by atoms with Crippen LogP contribution in [-0.4, -0.2) is 59.3 Å². The van der Waals surface area contributed by atoms with Gasteiger partial charge in [-0.2, -0.15) is 0 Å². The van der Waals surface area contributed by atoms with E-state index in [1.165, 1.54) is 6.33 Å². The Hall–Kier alpha value is -1.27. The average Bonchev–Trinajstić information content (AvgIpc) is 2.65. The van der Waals surface area contributed by atoms with Crippen LogP contribution in [0.3, 0.4) is 0 Å². The molecule has 0 radical (unpaired) electrons. The van der Waals surface area contributed by atoms with Crippen LogP contribution in [0.15, 0.2) is 6.33 Å². The molecule has 0 aliphatic carbocycles. The first-order chi connectivity index (χ1) is 9.26. The molecule has 1 fully saturated rings. The van der Waals surface area contributed by atoms with Crippen molar-refractivity contribution in [2.45, 2.75) is 19.8 Å². The van der Waals surface area contributed by atoms with Gasteiger partial charge in [0.15, 0.2) is 11.6 Å². The van der Waals surface area contributed by atoms with E-state index in [0.717, 1.165) is 32.6 Å². The zero-order chi connectivity index (χ0) is 13.7. The number of hydrogen-bond acceptors (Lipinski definition) is 5. The molecule has 1 aliphatic heterocycles. The molecule has 2 heterocycles. The molecule has 1 aromatic rings. The van der Waals surface area contributed by atoms with Crippen LogP contribution < -0.4 is 4.90 Å². The van der Waals surface area contributed by atoms with Crippen molar-refractivity contribution in [1.29, 1.82) is 0 Å².